The Hall–Kier alpha value is -8.33. The number of hydrogen-bond acceptors (Lipinski definition) is 2. The maximum Gasteiger partial charge on any atom is 0.0725 e. The quantitative estimate of drug-likeness (QED) is 0.166. The number of nitrogens with zero attached hydrogens (tertiary/aromatic N) is 2. The minimum absolute atomic E-state index is 0.385. The Labute approximate surface area is 380 Å². The SMILES string of the molecule is C1=C(c2ccc3c(c2)C2(c4ccccc4-c4ccccc42)c2ccccc2-3)Cc2cc(-c3cccc(N(c4ccccc4)c4ccc(-c5cccnc5)cc4)c3)ccc2-c2ccccc21. The number of anilines is 3. The number of hydrogen-bond donors (Lipinski definition) is 0. The van der Waals surface area contributed by atoms with E-state index < -0.39 is 0 Å². The third-order valence-corrected chi connectivity index (χ3v) is 14.0. The molecule has 1 heterocycles. The molecule has 13 rings (SSSR count). The van der Waals surface area contributed by atoms with Crippen molar-refractivity contribution in [1.82, 2.24) is 4.98 Å². The van der Waals surface area contributed by atoms with Crippen molar-refractivity contribution in [2.75, 3.05) is 4.90 Å². The molecule has 3 aliphatic rings. The predicted molar refractivity (Wildman–Crippen MR) is 270 cm³/mol. The molecule has 2 nitrogen and oxygen atoms in total. The Bertz CT molecular complexity index is 3450. The molecule has 0 radical (unpaired) electrons. The lowest BCUT2D eigenvalue weighted by Crippen LogP contribution is -2.25. The maximum absolute atomic E-state index is 4.35. The summed E-state index contributed by atoms with van der Waals surface area (Å²) in [6.07, 6.45) is 6.99. The number of para-hydroxylation sites is 1. The lowest BCUT2D eigenvalue weighted by Gasteiger charge is -2.30. The van der Waals surface area contributed by atoms with E-state index in [1.807, 2.05) is 18.5 Å². The number of allylic oxidation sites excluding steroid dienone is 1. The second-order valence-electron chi connectivity index (χ2n) is 17.5. The molecular weight excluding hydrogens is 785 g/mol. The first kappa shape index (κ1) is 37.2. The zero-order chi connectivity index (χ0) is 42.9. The minimum Gasteiger partial charge on any atom is -0.310 e. The van der Waals surface area contributed by atoms with E-state index in [2.05, 4.69) is 234 Å². The molecule has 2 heteroatoms. The van der Waals surface area contributed by atoms with E-state index in [-0.39, 0.29) is 5.41 Å². The first-order valence-corrected chi connectivity index (χ1v) is 22.6. The van der Waals surface area contributed by atoms with Gasteiger partial charge in [-0.05, 0) is 155 Å². The van der Waals surface area contributed by atoms with Gasteiger partial charge in [0.1, 0.15) is 0 Å². The normalized spacial score (nSPS) is 13.4. The molecule has 0 saturated carbocycles. The summed E-state index contributed by atoms with van der Waals surface area (Å²) in [6, 6.07) is 83.0. The van der Waals surface area contributed by atoms with Crippen molar-refractivity contribution in [2.45, 2.75) is 11.8 Å². The van der Waals surface area contributed by atoms with E-state index in [9.17, 15) is 0 Å². The Morgan fingerprint density at radius 3 is 1.62 bits per heavy atom. The molecule has 3 aliphatic carbocycles. The van der Waals surface area contributed by atoms with Crippen LogP contribution in [0.1, 0.15) is 38.9 Å². The molecule has 65 heavy (non-hydrogen) atoms. The van der Waals surface area contributed by atoms with E-state index >= 15 is 0 Å². The second kappa shape index (κ2) is 14.9. The monoisotopic (exact) mass is 826 g/mol. The van der Waals surface area contributed by atoms with Gasteiger partial charge in [0.05, 0.1) is 5.41 Å². The van der Waals surface area contributed by atoms with Crippen molar-refractivity contribution < 1.29 is 0 Å². The van der Waals surface area contributed by atoms with Crippen LogP contribution in [0.2, 0.25) is 0 Å². The Morgan fingerprint density at radius 1 is 0.354 bits per heavy atom. The highest BCUT2D eigenvalue weighted by molar-refractivity contribution is 5.98. The first-order chi connectivity index (χ1) is 32.2. The summed E-state index contributed by atoms with van der Waals surface area (Å²) in [5.74, 6) is 0. The summed E-state index contributed by atoms with van der Waals surface area (Å²) < 4.78 is 0. The highest BCUT2D eigenvalue weighted by Crippen LogP contribution is 2.63. The maximum atomic E-state index is 4.35. The van der Waals surface area contributed by atoms with Crippen molar-refractivity contribution in [3.05, 3.63) is 276 Å². The smallest absolute Gasteiger partial charge is 0.0725 e. The lowest BCUT2D eigenvalue weighted by atomic mass is 9.70. The first-order valence-electron chi connectivity index (χ1n) is 22.6. The molecule has 0 fully saturated rings. The fourth-order valence-corrected chi connectivity index (χ4v) is 11.2. The van der Waals surface area contributed by atoms with Crippen molar-refractivity contribution >= 4 is 28.7 Å². The van der Waals surface area contributed by atoms with E-state index in [4.69, 9.17) is 0 Å². The molecule has 0 N–H and O–H groups in total. The van der Waals surface area contributed by atoms with Crippen molar-refractivity contribution in [1.29, 1.82) is 0 Å². The van der Waals surface area contributed by atoms with Crippen LogP contribution in [0, 0.1) is 0 Å². The molecule has 0 bridgehead atoms. The predicted octanol–water partition coefficient (Wildman–Crippen LogP) is 16.0. The van der Waals surface area contributed by atoms with Crippen LogP contribution in [0.3, 0.4) is 0 Å². The summed E-state index contributed by atoms with van der Waals surface area (Å²) in [5, 5.41) is 0. The Balaban J connectivity index is 0.916. The molecule has 0 saturated heterocycles. The van der Waals surface area contributed by atoms with E-state index in [0.717, 1.165) is 34.6 Å². The summed E-state index contributed by atoms with van der Waals surface area (Å²) >= 11 is 0. The Morgan fingerprint density at radius 2 is 0.908 bits per heavy atom. The van der Waals surface area contributed by atoms with Crippen LogP contribution >= 0.6 is 0 Å². The topological polar surface area (TPSA) is 16.1 Å². The van der Waals surface area contributed by atoms with Crippen LogP contribution < -0.4 is 4.90 Å². The molecule has 1 spiro atoms. The molecule has 0 atom stereocenters. The summed E-state index contributed by atoms with van der Waals surface area (Å²) in [6.45, 7) is 0. The van der Waals surface area contributed by atoms with Gasteiger partial charge in [-0.1, -0.05) is 182 Å². The zero-order valence-corrected chi connectivity index (χ0v) is 35.7. The van der Waals surface area contributed by atoms with Crippen LogP contribution in [0.15, 0.2) is 237 Å². The molecule has 9 aromatic carbocycles. The van der Waals surface area contributed by atoms with E-state index in [1.54, 1.807) is 0 Å². The van der Waals surface area contributed by atoms with Gasteiger partial charge in [0, 0.05) is 29.5 Å². The average Bonchev–Trinajstić information content (AvgIpc) is 3.77. The van der Waals surface area contributed by atoms with Gasteiger partial charge in [-0.25, -0.2) is 0 Å². The zero-order valence-electron chi connectivity index (χ0n) is 35.7. The third-order valence-electron chi connectivity index (χ3n) is 14.0. The van der Waals surface area contributed by atoms with Gasteiger partial charge < -0.3 is 4.90 Å². The van der Waals surface area contributed by atoms with Gasteiger partial charge in [-0.3, -0.25) is 4.98 Å². The molecule has 0 aliphatic heterocycles. The summed E-state index contributed by atoms with van der Waals surface area (Å²) in [5.41, 5.74) is 26.0. The van der Waals surface area contributed by atoms with Crippen LogP contribution in [-0.4, -0.2) is 4.98 Å². The summed E-state index contributed by atoms with van der Waals surface area (Å²) in [4.78, 5) is 6.69. The molecule has 0 amide bonds. The van der Waals surface area contributed by atoms with E-state index in [0.29, 0.717) is 0 Å². The van der Waals surface area contributed by atoms with Gasteiger partial charge in [0.15, 0.2) is 0 Å². The number of pyridine rings is 1. The number of aromatic nitrogens is 1. The fraction of sp³-hybridized carbons (Fsp3) is 0.0317. The molecule has 304 valence electrons. The largest absolute Gasteiger partial charge is 0.310 e. The standard InChI is InChI=1S/C63H42N2/c1-2-17-50(18-3-1)65(51-31-27-42(28-32-51)47-16-13-35-64-41-47)52-19-12-15-43(39-52)44-29-33-54-49(36-44)38-48(37-46-14-4-5-20-53(46)54)45-30-34-58-57-23-8-11-26-61(57)63(62(58)40-45)59-24-9-6-21-55(59)56-22-7-10-25-60(56)63/h1-37,39-41H,38H2. The van der Waals surface area contributed by atoms with Crippen LogP contribution in [0.4, 0.5) is 17.1 Å². The van der Waals surface area contributed by atoms with Gasteiger partial charge in [0.25, 0.3) is 0 Å². The highest BCUT2D eigenvalue weighted by atomic mass is 15.1. The number of fused-ring (bicyclic) bond motifs is 13. The van der Waals surface area contributed by atoms with Crippen LogP contribution in [-0.2, 0) is 11.8 Å². The second-order valence-corrected chi connectivity index (χ2v) is 17.5. The van der Waals surface area contributed by atoms with Crippen molar-refractivity contribution in [3.63, 3.8) is 0 Å². The highest BCUT2D eigenvalue weighted by Gasteiger charge is 2.51. The fourth-order valence-electron chi connectivity index (χ4n) is 11.2. The van der Waals surface area contributed by atoms with Crippen molar-refractivity contribution in [2.24, 2.45) is 0 Å². The van der Waals surface area contributed by atoms with E-state index in [1.165, 1.54) is 89.0 Å². The molecular formula is C63H42N2. The third kappa shape index (κ3) is 5.84. The minimum atomic E-state index is -0.385. The van der Waals surface area contributed by atoms with Gasteiger partial charge in [0.2, 0.25) is 0 Å². The van der Waals surface area contributed by atoms with Crippen LogP contribution in [0.25, 0.3) is 67.3 Å². The number of rotatable bonds is 6. The number of benzene rings is 9. The molecule has 1 aromatic heterocycles. The Kier molecular flexibility index (Phi) is 8.54. The van der Waals surface area contributed by atoms with Gasteiger partial charge >= 0.3 is 0 Å². The van der Waals surface area contributed by atoms with Crippen LogP contribution in [0.5, 0.6) is 0 Å². The lowest BCUT2D eigenvalue weighted by molar-refractivity contribution is 0.793. The molecule has 0 unspecified atom stereocenters. The van der Waals surface area contributed by atoms with Gasteiger partial charge in [-0.15, -0.1) is 0 Å². The summed E-state index contributed by atoms with van der Waals surface area (Å²) in [7, 11) is 0. The molecule has 10 aromatic rings. The average molecular weight is 827 g/mol. The van der Waals surface area contributed by atoms with Gasteiger partial charge in [-0.2, -0.15) is 0 Å². The van der Waals surface area contributed by atoms with Crippen molar-refractivity contribution in [3.8, 4) is 55.6 Å².